The summed E-state index contributed by atoms with van der Waals surface area (Å²) >= 11 is 0. The molecule has 1 N–H and O–H groups in total. The summed E-state index contributed by atoms with van der Waals surface area (Å²) in [5.41, 5.74) is 1.31. The van der Waals surface area contributed by atoms with Crippen molar-refractivity contribution < 1.29 is 9.90 Å². The number of carbonyl (C=O) groups excluding carboxylic acids is 1. The Morgan fingerprint density at radius 2 is 1.57 bits per heavy atom. The Kier molecular flexibility index (Phi) is 5.30. The van der Waals surface area contributed by atoms with Gasteiger partial charge in [0.05, 0.1) is 12.3 Å². The minimum absolute atomic E-state index is 0.155. The smallest absolute Gasteiger partial charge is 0.219 e. The normalized spacial score (nSPS) is 23.0. The van der Waals surface area contributed by atoms with E-state index in [4.69, 9.17) is 0 Å². The zero-order valence-corrected chi connectivity index (χ0v) is 13.9. The van der Waals surface area contributed by atoms with E-state index in [0.29, 0.717) is 0 Å². The zero-order valence-electron chi connectivity index (χ0n) is 13.9. The number of carbonyl (C=O) groups is 1. The maximum absolute atomic E-state index is 11.6. The van der Waals surface area contributed by atoms with Crippen molar-refractivity contribution in [2.24, 2.45) is 0 Å². The molecule has 1 amide bonds. The third kappa shape index (κ3) is 3.91. The first-order valence-corrected chi connectivity index (χ1v) is 8.62. The second-order valence-electron chi connectivity index (χ2n) is 6.59. The van der Waals surface area contributed by atoms with Crippen LogP contribution in [-0.2, 0) is 4.79 Å². The summed E-state index contributed by atoms with van der Waals surface area (Å²) in [6, 6.07) is 10.6. The van der Waals surface area contributed by atoms with Crippen molar-refractivity contribution >= 4 is 5.91 Å². The molecule has 1 aromatic carbocycles. The summed E-state index contributed by atoms with van der Waals surface area (Å²) in [6.45, 7) is 6.90. The molecule has 1 aromatic rings. The highest BCUT2D eigenvalue weighted by atomic mass is 16.3. The predicted molar refractivity (Wildman–Crippen MR) is 89.8 cm³/mol. The third-order valence-electron chi connectivity index (χ3n) is 5.05. The first-order chi connectivity index (χ1) is 11.1. The molecule has 0 aliphatic carbocycles. The average Bonchev–Trinajstić information content (AvgIpc) is 2.58. The summed E-state index contributed by atoms with van der Waals surface area (Å²) in [6.07, 6.45) is 1.78. The van der Waals surface area contributed by atoms with Crippen LogP contribution >= 0.6 is 0 Å². The highest BCUT2D eigenvalue weighted by Gasteiger charge is 2.32. The number of aliphatic hydroxyl groups is 1. The van der Waals surface area contributed by atoms with Crippen LogP contribution in [0.15, 0.2) is 30.3 Å². The lowest BCUT2D eigenvalue weighted by Gasteiger charge is -2.45. The van der Waals surface area contributed by atoms with Gasteiger partial charge < -0.3 is 10.0 Å². The number of amides is 1. The van der Waals surface area contributed by atoms with Gasteiger partial charge >= 0.3 is 0 Å². The monoisotopic (exact) mass is 317 g/mol. The number of aliphatic hydroxyl groups excluding tert-OH is 1. The molecule has 0 spiro atoms. The second-order valence-corrected chi connectivity index (χ2v) is 6.59. The van der Waals surface area contributed by atoms with Gasteiger partial charge in [0.2, 0.25) is 5.91 Å². The molecule has 2 heterocycles. The van der Waals surface area contributed by atoms with E-state index in [1.54, 1.807) is 6.92 Å². The van der Waals surface area contributed by atoms with Gasteiger partial charge in [-0.25, -0.2) is 0 Å². The SMILES string of the molecule is CC(=O)N1CCN(C(c2ccccc2)N2CCC(O)CC2)CC1. The fourth-order valence-corrected chi connectivity index (χ4v) is 3.69. The van der Waals surface area contributed by atoms with Crippen molar-refractivity contribution in [2.45, 2.75) is 32.0 Å². The van der Waals surface area contributed by atoms with Crippen molar-refractivity contribution in [1.29, 1.82) is 0 Å². The summed E-state index contributed by atoms with van der Waals surface area (Å²) < 4.78 is 0. The van der Waals surface area contributed by atoms with Crippen LogP contribution in [0.1, 0.15) is 31.5 Å². The Morgan fingerprint density at radius 3 is 2.13 bits per heavy atom. The molecular weight excluding hydrogens is 290 g/mol. The van der Waals surface area contributed by atoms with Crippen LogP contribution in [-0.4, -0.2) is 71.1 Å². The molecule has 5 heteroatoms. The number of hydrogen-bond acceptors (Lipinski definition) is 4. The molecule has 1 unspecified atom stereocenters. The van der Waals surface area contributed by atoms with E-state index in [0.717, 1.165) is 52.1 Å². The summed E-state index contributed by atoms with van der Waals surface area (Å²) in [5.74, 6) is 0.169. The number of benzene rings is 1. The maximum Gasteiger partial charge on any atom is 0.219 e. The molecule has 0 bridgehead atoms. The van der Waals surface area contributed by atoms with Crippen LogP contribution < -0.4 is 0 Å². The Balaban J connectivity index is 1.75. The number of rotatable bonds is 3. The van der Waals surface area contributed by atoms with Gasteiger partial charge in [0, 0.05) is 46.2 Å². The zero-order chi connectivity index (χ0) is 16.2. The van der Waals surface area contributed by atoms with Crippen LogP contribution in [0.25, 0.3) is 0 Å². The summed E-state index contributed by atoms with van der Waals surface area (Å²) in [7, 11) is 0. The third-order valence-corrected chi connectivity index (χ3v) is 5.05. The lowest BCUT2D eigenvalue weighted by Crippen LogP contribution is -2.53. The highest BCUT2D eigenvalue weighted by molar-refractivity contribution is 5.73. The fraction of sp³-hybridized carbons (Fsp3) is 0.611. The number of piperazine rings is 1. The largest absolute Gasteiger partial charge is 0.393 e. The number of likely N-dealkylation sites (tertiary alicyclic amines) is 1. The molecule has 126 valence electrons. The van der Waals surface area contributed by atoms with Gasteiger partial charge in [-0.3, -0.25) is 14.6 Å². The van der Waals surface area contributed by atoms with Crippen molar-refractivity contribution in [3.05, 3.63) is 35.9 Å². The van der Waals surface area contributed by atoms with Gasteiger partial charge in [0.25, 0.3) is 0 Å². The minimum atomic E-state index is -0.155. The van der Waals surface area contributed by atoms with Crippen molar-refractivity contribution in [3.63, 3.8) is 0 Å². The molecular formula is C18H27N3O2. The number of nitrogens with zero attached hydrogens (tertiary/aromatic N) is 3. The quantitative estimate of drug-likeness (QED) is 0.913. The fourth-order valence-electron chi connectivity index (χ4n) is 3.69. The second kappa shape index (κ2) is 7.43. The van der Waals surface area contributed by atoms with Crippen LogP contribution in [0.3, 0.4) is 0 Å². The minimum Gasteiger partial charge on any atom is -0.393 e. The molecule has 2 aliphatic heterocycles. The van der Waals surface area contributed by atoms with E-state index in [1.807, 2.05) is 11.0 Å². The number of hydrogen-bond donors (Lipinski definition) is 1. The van der Waals surface area contributed by atoms with Crippen molar-refractivity contribution in [1.82, 2.24) is 14.7 Å². The summed E-state index contributed by atoms with van der Waals surface area (Å²) in [5, 5.41) is 9.80. The summed E-state index contributed by atoms with van der Waals surface area (Å²) in [4.78, 5) is 18.4. The van der Waals surface area contributed by atoms with E-state index in [-0.39, 0.29) is 18.2 Å². The first kappa shape index (κ1) is 16.4. The Morgan fingerprint density at radius 1 is 1.00 bits per heavy atom. The predicted octanol–water partition coefficient (Wildman–Crippen LogP) is 1.31. The van der Waals surface area contributed by atoms with E-state index in [9.17, 15) is 9.90 Å². The molecule has 0 aromatic heterocycles. The van der Waals surface area contributed by atoms with Crippen LogP contribution in [0, 0.1) is 0 Å². The van der Waals surface area contributed by atoms with Gasteiger partial charge in [-0.05, 0) is 18.4 Å². The molecule has 5 nitrogen and oxygen atoms in total. The van der Waals surface area contributed by atoms with Crippen LogP contribution in [0.4, 0.5) is 0 Å². The van der Waals surface area contributed by atoms with Gasteiger partial charge in [-0.15, -0.1) is 0 Å². The molecule has 2 aliphatic rings. The molecule has 2 fully saturated rings. The van der Waals surface area contributed by atoms with Gasteiger partial charge in [0.1, 0.15) is 0 Å². The first-order valence-electron chi connectivity index (χ1n) is 8.62. The Bertz CT molecular complexity index is 506. The van der Waals surface area contributed by atoms with Crippen LogP contribution in [0.5, 0.6) is 0 Å². The van der Waals surface area contributed by atoms with Crippen LogP contribution in [0.2, 0.25) is 0 Å². The van der Waals surface area contributed by atoms with E-state index >= 15 is 0 Å². The maximum atomic E-state index is 11.6. The van der Waals surface area contributed by atoms with Gasteiger partial charge in [0.15, 0.2) is 0 Å². The molecule has 1 atom stereocenters. The highest BCUT2D eigenvalue weighted by Crippen LogP contribution is 2.29. The number of piperidine rings is 1. The molecule has 2 saturated heterocycles. The van der Waals surface area contributed by atoms with Gasteiger partial charge in [-0.2, -0.15) is 0 Å². The average molecular weight is 317 g/mol. The molecule has 0 saturated carbocycles. The topological polar surface area (TPSA) is 47.0 Å². The Labute approximate surface area is 138 Å². The van der Waals surface area contributed by atoms with Gasteiger partial charge in [-0.1, -0.05) is 30.3 Å². The Hall–Kier alpha value is -1.43. The van der Waals surface area contributed by atoms with E-state index in [1.165, 1.54) is 5.56 Å². The van der Waals surface area contributed by atoms with E-state index in [2.05, 4.69) is 34.1 Å². The molecule has 23 heavy (non-hydrogen) atoms. The molecule has 3 rings (SSSR count). The standard InChI is InChI=1S/C18H27N3O2/c1-15(22)19-11-13-21(14-12-19)18(16-5-3-2-4-6-16)20-9-7-17(23)8-10-20/h2-6,17-18,23H,7-14H2,1H3. The lowest BCUT2D eigenvalue weighted by molar-refractivity contribution is -0.131. The van der Waals surface area contributed by atoms with Crippen molar-refractivity contribution in [3.8, 4) is 0 Å². The van der Waals surface area contributed by atoms with Crippen molar-refractivity contribution in [2.75, 3.05) is 39.3 Å². The molecule has 0 radical (unpaired) electrons. The lowest BCUT2D eigenvalue weighted by atomic mass is 10.0. The van der Waals surface area contributed by atoms with E-state index < -0.39 is 0 Å².